The predicted molar refractivity (Wildman–Crippen MR) is 118 cm³/mol. The fraction of sp³-hybridized carbons (Fsp3) is 0.250. The van der Waals surface area contributed by atoms with E-state index < -0.39 is 0 Å². The summed E-state index contributed by atoms with van der Waals surface area (Å²) in [5, 5.41) is 9.71. The highest BCUT2D eigenvalue weighted by Gasteiger charge is 2.23. The van der Waals surface area contributed by atoms with Gasteiger partial charge in [-0.05, 0) is 49.2 Å². The lowest BCUT2D eigenvalue weighted by molar-refractivity contribution is 0.644. The van der Waals surface area contributed by atoms with Crippen LogP contribution < -0.4 is 9.80 Å². The van der Waals surface area contributed by atoms with Gasteiger partial charge < -0.3 is 9.80 Å². The number of aromatic nitrogens is 2. The van der Waals surface area contributed by atoms with E-state index in [0.29, 0.717) is 5.56 Å². The maximum absolute atomic E-state index is 9.71. The van der Waals surface area contributed by atoms with E-state index in [2.05, 4.69) is 63.6 Å². The minimum Gasteiger partial charge on any atom is -0.368 e. The standard InChI is InChI=1S/C24H23N5/c1-17-7-3-5-9-21(17)27-11-13-28(14-12-27)23-15-18(2)19(16-25)24-26-20-8-4-6-10-22(20)29(23)24/h3-10,15H,11-14H2,1-2H3. The molecular weight excluding hydrogens is 358 g/mol. The van der Waals surface area contributed by atoms with Crippen LogP contribution in [0.4, 0.5) is 11.5 Å². The van der Waals surface area contributed by atoms with E-state index in [-0.39, 0.29) is 0 Å². The summed E-state index contributed by atoms with van der Waals surface area (Å²) in [6.45, 7) is 7.98. The van der Waals surface area contributed by atoms with Gasteiger partial charge in [-0.1, -0.05) is 30.3 Å². The lowest BCUT2D eigenvalue weighted by Gasteiger charge is -2.38. The predicted octanol–water partition coefficient (Wildman–Crippen LogP) is 4.30. The first-order valence-corrected chi connectivity index (χ1v) is 10.0. The Labute approximate surface area is 170 Å². The van der Waals surface area contributed by atoms with Crippen molar-refractivity contribution in [1.29, 1.82) is 5.26 Å². The smallest absolute Gasteiger partial charge is 0.157 e. The van der Waals surface area contributed by atoms with Crippen LogP contribution in [0.5, 0.6) is 0 Å². The van der Waals surface area contributed by atoms with Gasteiger partial charge in [0.15, 0.2) is 5.65 Å². The largest absolute Gasteiger partial charge is 0.368 e. The second kappa shape index (κ2) is 6.82. The van der Waals surface area contributed by atoms with Gasteiger partial charge in [0.05, 0.1) is 16.6 Å². The number of benzene rings is 2. The number of para-hydroxylation sites is 3. The number of aryl methyl sites for hydroxylation is 2. The molecule has 0 spiro atoms. The Kier molecular flexibility index (Phi) is 4.13. The van der Waals surface area contributed by atoms with Gasteiger partial charge in [0.25, 0.3) is 0 Å². The van der Waals surface area contributed by atoms with Crippen LogP contribution in [0.2, 0.25) is 0 Å². The molecule has 1 saturated heterocycles. The monoisotopic (exact) mass is 381 g/mol. The lowest BCUT2D eigenvalue weighted by Crippen LogP contribution is -2.47. The molecule has 0 atom stereocenters. The van der Waals surface area contributed by atoms with E-state index in [4.69, 9.17) is 4.98 Å². The highest BCUT2D eigenvalue weighted by molar-refractivity contribution is 5.85. The summed E-state index contributed by atoms with van der Waals surface area (Å²) in [6.07, 6.45) is 0. The van der Waals surface area contributed by atoms with Gasteiger partial charge in [0, 0.05) is 31.9 Å². The Hall–Kier alpha value is -3.52. The third kappa shape index (κ3) is 2.80. The number of nitrogens with zero attached hydrogens (tertiary/aromatic N) is 5. The van der Waals surface area contributed by atoms with Gasteiger partial charge in [-0.25, -0.2) is 4.98 Å². The van der Waals surface area contributed by atoms with E-state index in [9.17, 15) is 5.26 Å². The van der Waals surface area contributed by atoms with E-state index in [0.717, 1.165) is 54.2 Å². The van der Waals surface area contributed by atoms with E-state index in [1.54, 1.807) is 0 Å². The van der Waals surface area contributed by atoms with Crippen LogP contribution in [-0.2, 0) is 0 Å². The van der Waals surface area contributed by atoms with Crippen molar-refractivity contribution >= 4 is 28.2 Å². The zero-order chi connectivity index (χ0) is 20.0. The molecule has 144 valence electrons. The minimum atomic E-state index is 0.656. The summed E-state index contributed by atoms with van der Waals surface area (Å²) >= 11 is 0. The molecule has 2 aromatic carbocycles. The number of nitriles is 1. The van der Waals surface area contributed by atoms with Crippen LogP contribution in [-0.4, -0.2) is 35.6 Å². The molecule has 0 saturated carbocycles. The maximum atomic E-state index is 9.71. The molecule has 0 aliphatic carbocycles. The molecule has 5 rings (SSSR count). The number of pyridine rings is 1. The van der Waals surface area contributed by atoms with Crippen LogP contribution in [0.15, 0.2) is 54.6 Å². The molecule has 5 nitrogen and oxygen atoms in total. The van der Waals surface area contributed by atoms with Crippen molar-refractivity contribution in [3.8, 4) is 6.07 Å². The average molecular weight is 381 g/mol. The van der Waals surface area contributed by atoms with Crippen LogP contribution in [0, 0.1) is 25.2 Å². The normalized spacial score (nSPS) is 14.5. The van der Waals surface area contributed by atoms with Crippen molar-refractivity contribution in [2.45, 2.75) is 13.8 Å². The first-order chi connectivity index (χ1) is 14.2. The molecule has 3 heterocycles. The number of rotatable bonds is 2. The molecule has 1 aliphatic rings. The quantitative estimate of drug-likeness (QED) is 0.519. The fourth-order valence-corrected chi connectivity index (χ4v) is 4.40. The molecule has 0 N–H and O–H groups in total. The van der Waals surface area contributed by atoms with Gasteiger partial charge in [-0.3, -0.25) is 4.40 Å². The van der Waals surface area contributed by atoms with Gasteiger partial charge in [0.1, 0.15) is 11.9 Å². The topological polar surface area (TPSA) is 47.6 Å². The summed E-state index contributed by atoms with van der Waals surface area (Å²) in [5.41, 5.74) is 7.00. The molecule has 0 bridgehead atoms. The molecule has 4 aromatic rings. The van der Waals surface area contributed by atoms with Crippen molar-refractivity contribution in [2.75, 3.05) is 36.0 Å². The summed E-state index contributed by atoms with van der Waals surface area (Å²) in [7, 11) is 0. The number of piperazine rings is 1. The number of hydrogen-bond donors (Lipinski definition) is 0. The molecule has 29 heavy (non-hydrogen) atoms. The minimum absolute atomic E-state index is 0.656. The second-order valence-corrected chi connectivity index (χ2v) is 7.69. The Balaban J connectivity index is 1.56. The second-order valence-electron chi connectivity index (χ2n) is 7.69. The summed E-state index contributed by atoms with van der Waals surface area (Å²) in [4.78, 5) is 9.66. The van der Waals surface area contributed by atoms with Gasteiger partial charge >= 0.3 is 0 Å². The lowest BCUT2D eigenvalue weighted by atomic mass is 10.1. The number of hydrogen-bond acceptors (Lipinski definition) is 4. The van der Waals surface area contributed by atoms with E-state index in [1.165, 1.54) is 11.3 Å². The van der Waals surface area contributed by atoms with Crippen molar-refractivity contribution in [2.24, 2.45) is 0 Å². The summed E-state index contributed by atoms with van der Waals surface area (Å²) in [5.74, 6) is 1.12. The Morgan fingerprint density at radius 3 is 2.31 bits per heavy atom. The Bertz CT molecular complexity index is 1260. The first-order valence-electron chi connectivity index (χ1n) is 10.0. The van der Waals surface area contributed by atoms with Crippen molar-refractivity contribution in [1.82, 2.24) is 9.38 Å². The molecule has 5 heteroatoms. The third-order valence-electron chi connectivity index (χ3n) is 5.93. The molecular formula is C24H23N5. The van der Waals surface area contributed by atoms with Gasteiger partial charge in [-0.15, -0.1) is 0 Å². The average Bonchev–Trinajstić information content (AvgIpc) is 3.13. The van der Waals surface area contributed by atoms with Crippen LogP contribution in [0.1, 0.15) is 16.7 Å². The van der Waals surface area contributed by atoms with Gasteiger partial charge in [-0.2, -0.15) is 5.26 Å². The summed E-state index contributed by atoms with van der Waals surface area (Å²) < 4.78 is 2.16. The zero-order valence-corrected chi connectivity index (χ0v) is 16.8. The number of fused-ring (bicyclic) bond motifs is 3. The molecule has 2 aromatic heterocycles. The molecule has 1 fully saturated rings. The van der Waals surface area contributed by atoms with E-state index >= 15 is 0 Å². The van der Waals surface area contributed by atoms with Crippen LogP contribution in [0.3, 0.4) is 0 Å². The Morgan fingerprint density at radius 2 is 1.55 bits per heavy atom. The van der Waals surface area contributed by atoms with Crippen molar-refractivity contribution < 1.29 is 0 Å². The zero-order valence-electron chi connectivity index (χ0n) is 16.8. The number of imidazole rings is 1. The highest BCUT2D eigenvalue weighted by atomic mass is 15.3. The van der Waals surface area contributed by atoms with Gasteiger partial charge in [0.2, 0.25) is 0 Å². The van der Waals surface area contributed by atoms with Crippen molar-refractivity contribution in [3.05, 3.63) is 71.3 Å². The SMILES string of the molecule is Cc1ccccc1N1CCN(c2cc(C)c(C#N)c3nc4ccccc4n23)CC1. The highest BCUT2D eigenvalue weighted by Crippen LogP contribution is 2.30. The molecule has 0 unspecified atom stereocenters. The fourth-order valence-electron chi connectivity index (χ4n) is 4.40. The third-order valence-corrected chi connectivity index (χ3v) is 5.93. The van der Waals surface area contributed by atoms with E-state index in [1.807, 2.05) is 25.1 Å². The Morgan fingerprint density at radius 1 is 0.862 bits per heavy atom. The maximum Gasteiger partial charge on any atom is 0.157 e. The van der Waals surface area contributed by atoms with Crippen molar-refractivity contribution in [3.63, 3.8) is 0 Å². The van der Waals surface area contributed by atoms with Crippen LogP contribution >= 0.6 is 0 Å². The number of anilines is 2. The first kappa shape index (κ1) is 17.6. The van der Waals surface area contributed by atoms with Crippen LogP contribution in [0.25, 0.3) is 16.7 Å². The summed E-state index contributed by atoms with van der Waals surface area (Å²) in [6, 6.07) is 21.2. The molecule has 1 aliphatic heterocycles. The molecule has 0 amide bonds. The molecule has 0 radical (unpaired) electrons.